The highest BCUT2D eigenvalue weighted by atomic mass is 127. The maximum atomic E-state index is 12.9. The van der Waals surface area contributed by atoms with Crippen molar-refractivity contribution >= 4 is 34.6 Å². The molecule has 30 heavy (non-hydrogen) atoms. The molecular formula is C22H24IN3O3S. The van der Waals surface area contributed by atoms with E-state index in [1.807, 2.05) is 18.2 Å². The first kappa shape index (κ1) is 22.6. The van der Waals surface area contributed by atoms with Gasteiger partial charge in [-0.1, -0.05) is 12.1 Å². The van der Waals surface area contributed by atoms with Gasteiger partial charge in [-0.3, -0.25) is 14.5 Å². The minimum absolute atomic E-state index is 0. The minimum Gasteiger partial charge on any atom is -1.00 e. The van der Waals surface area contributed by atoms with Crippen LogP contribution in [0.4, 0.5) is 0 Å². The number of thioether (sulfide) groups is 1. The Morgan fingerprint density at radius 2 is 1.73 bits per heavy atom. The van der Waals surface area contributed by atoms with E-state index < -0.39 is 0 Å². The molecule has 0 aliphatic carbocycles. The lowest BCUT2D eigenvalue weighted by atomic mass is 10.1. The SMILES string of the molecule is CCn1c(CN2C(=O)c3ccccc3C2=O)[n+](CCSC)c2ccc(OC)cc21.[I-]. The number of nitrogens with zero attached hydrogens (tertiary/aromatic N) is 3. The van der Waals surface area contributed by atoms with Gasteiger partial charge in [0.25, 0.3) is 17.6 Å². The lowest BCUT2D eigenvalue weighted by molar-refractivity contribution is -0.676. The van der Waals surface area contributed by atoms with Crippen LogP contribution in [-0.4, -0.2) is 40.4 Å². The van der Waals surface area contributed by atoms with Crippen molar-refractivity contribution in [3.63, 3.8) is 0 Å². The van der Waals surface area contributed by atoms with Crippen molar-refractivity contribution in [3.8, 4) is 5.75 Å². The van der Waals surface area contributed by atoms with Crippen molar-refractivity contribution in [2.24, 2.45) is 0 Å². The molecule has 1 aliphatic heterocycles. The molecule has 0 saturated carbocycles. The highest BCUT2D eigenvalue weighted by Crippen LogP contribution is 2.26. The molecule has 0 spiro atoms. The zero-order valence-electron chi connectivity index (χ0n) is 17.2. The fourth-order valence-electron chi connectivity index (χ4n) is 3.98. The van der Waals surface area contributed by atoms with Gasteiger partial charge in [0.05, 0.1) is 31.3 Å². The van der Waals surface area contributed by atoms with Crippen molar-refractivity contribution in [1.29, 1.82) is 0 Å². The van der Waals surface area contributed by atoms with Crippen molar-refractivity contribution in [2.45, 2.75) is 26.6 Å². The molecule has 0 N–H and O–H groups in total. The van der Waals surface area contributed by atoms with Crippen molar-refractivity contribution in [3.05, 3.63) is 59.4 Å². The van der Waals surface area contributed by atoms with Gasteiger partial charge in [0, 0.05) is 11.8 Å². The van der Waals surface area contributed by atoms with Gasteiger partial charge in [0.15, 0.2) is 11.0 Å². The zero-order chi connectivity index (χ0) is 20.5. The molecule has 1 aliphatic rings. The van der Waals surface area contributed by atoms with Crippen LogP contribution in [0.25, 0.3) is 11.0 Å². The van der Waals surface area contributed by atoms with Gasteiger partial charge in [0.2, 0.25) is 0 Å². The molecule has 0 atom stereocenters. The van der Waals surface area contributed by atoms with E-state index in [0.717, 1.165) is 41.4 Å². The summed E-state index contributed by atoms with van der Waals surface area (Å²) in [6.07, 6.45) is 2.08. The van der Waals surface area contributed by atoms with Gasteiger partial charge in [-0.2, -0.15) is 11.8 Å². The Bertz CT molecular complexity index is 1080. The van der Waals surface area contributed by atoms with E-state index in [9.17, 15) is 9.59 Å². The van der Waals surface area contributed by atoms with E-state index in [1.165, 1.54) is 4.90 Å². The van der Waals surface area contributed by atoms with Gasteiger partial charge >= 0.3 is 0 Å². The summed E-state index contributed by atoms with van der Waals surface area (Å²) in [5.74, 6) is 2.21. The number of methoxy groups -OCH3 is 1. The highest BCUT2D eigenvalue weighted by Gasteiger charge is 2.38. The first-order valence-corrected chi connectivity index (χ1v) is 11.0. The van der Waals surface area contributed by atoms with E-state index in [0.29, 0.717) is 11.1 Å². The van der Waals surface area contributed by atoms with E-state index >= 15 is 0 Å². The summed E-state index contributed by atoms with van der Waals surface area (Å²) in [4.78, 5) is 27.2. The Balaban J connectivity index is 0.00000256. The lowest BCUT2D eigenvalue weighted by Crippen LogP contribution is -3.00. The number of halogens is 1. The zero-order valence-corrected chi connectivity index (χ0v) is 20.2. The van der Waals surface area contributed by atoms with Crippen molar-refractivity contribution in [1.82, 2.24) is 9.47 Å². The number of ether oxygens (including phenoxy) is 1. The second kappa shape index (κ2) is 9.38. The van der Waals surface area contributed by atoms with Crippen LogP contribution >= 0.6 is 11.8 Å². The molecular weight excluding hydrogens is 513 g/mol. The quantitative estimate of drug-likeness (QED) is 0.244. The maximum absolute atomic E-state index is 12.9. The topological polar surface area (TPSA) is 55.4 Å². The summed E-state index contributed by atoms with van der Waals surface area (Å²) in [6, 6.07) is 13.0. The molecule has 4 rings (SSSR count). The van der Waals surface area contributed by atoms with Gasteiger partial charge in [0.1, 0.15) is 12.3 Å². The van der Waals surface area contributed by atoms with Crippen LogP contribution in [0.3, 0.4) is 0 Å². The second-order valence-electron chi connectivity index (χ2n) is 6.90. The fraction of sp³-hybridized carbons (Fsp3) is 0.318. The van der Waals surface area contributed by atoms with Gasteiger partial charge in [-0.15, -0.1) is 0 Å². The smallest absolute Gasteiger partial charge is 0.277 e. The molecule has 0 bridgehead atoms. The van der Waals surface area contributed by atoms with Crippen LogP contribution in [0, 0.1) is 0 Å². The summed E-state index contributed by atoms with van der Waals surface area (Å²) in [6.45, 7) is 3.85. The number of imidazole rings is 1. The number of amides is 2. The average Bonchev–Trinajstić information content (AvgIpc) is 3.18. The van der Waals surface area contributed by atoms with Crippen LogP contribution < -0.4 is 33.3 Å². The molecule has 158 valence electrons. The van der Waals surface area contributed by atoms with Gasteiger partial charge in [-0.25, -0.2) is 9.13 Å². The first-order valence-electron chi connectivity index (χ1n) is 9.63. The standard InChI is InChI=1S/C22H24N3O3S.HI/c1-4-23-19-13-15(28-2)9-10-18(19)24(11-12-29-3)20(23)14-25-21(26)16-7-5-6-8-17(16)22(25)27;/h5-10,13H,4,11-12,14H2,1-3H3;1H/q+1;/p-1. The van der Waals surface area contributed by atoms with Gasteiger partial charge in [-0.05, 0) is 37.4 Å². The normalized spacial score (nSPS) is 13.0. The molecule has 0 radical (unpaired) electrons. The summed E-state index contributed by atoms with van der Waals surface area (Å²) < 4.78 is 9.81. The number of carbonyl (C=O) groups is 2. The van der Waals surface area contributed by atoms with Gasteiger partial charge < -0.3 is 28.7 Å². The third-order valence-electron chi connectivity index (χ3n) is 5.40. The number of aromatic nitrogens is 2. The molecule has 2 amide bonds. The summed E-state index contributed by atoms with van der Waals surface area (Å²) in [7, 11) is 1.65. The minimum atomic E-state index is -0.229. The second-order valence-corrected chi connectivity index (χ2v) is 7.89. The fourth-order valence-corrected chi connectivity index (χ4v) is 4.34. The Morgan fingerprint density at radius 3 is 2.30 bits per heavy atom. The van der Waals surface area contributed by atoms with Crippen molar-refractivity contribution in [2.75, 3.05) is 19.1 Å². The molecule has 8 heteroatoms. The molecule has 0 saturated heterocycles. The average molecular weight is 537 g/mol. The number of hydrogen-bond acceptors (Lipinski definition) is 4. The van der Waals surface area contributed by atoms with E-state index in [-0.39, 0.29) is 42.3 Å². The Hall–Kier alpha value is -2.07. The number of aryl methyl sites for hydroxylation is 2. The van der Waals surface area contributed by atoms with E-state index in [2.05, 4.69) is 22.3 Å². The first-order chi connectivity index (χ1) is 14.1. The predicted molar refractivity (Wildman–Crippen MR) is 113 cm³/mol. The summed E-state index contributed by atoms with van der Waals surface area (Å²) in [5, 5.41) is 0. The van der Waals surface area contributed by atoms with Crippen LogP contribution in [0.1, 0.15) is 33.5 Å². The maximum Gasteiger partial charge on any atom is 0.277 e. The Labute approximate surface area is 197 Å². The number of carbonyl (C=O) groups excluding carboxylic acids is 2. The van der Waals surface area contributed by atoms with Crippen LogP contribution in [0.2, 0.25) is 0 Å². The van der Waals surface area contributed by atoms with E-state index in [4.69, 9.17) is 4.74 Å². The summed E-state index contributed by atoms with van der Waals surface area (Å²) >= 11 is 1.77. The molecule has 0 unspecified atom stereocenters. The number of rotatable bonds is 7. The lowest BCUT2D eigenvalue weighted by Gasteiger charge is -2.13. The largest absolute Gasteiger partial charge is 1.00 e. The number of fused-ring (bicyclic) bond motifs is 2. The number of hydrogen-bond donors (Lipinski definition) is 0. The Morgan fingerprint density at radius 1 is 1.07 bits per heavy atom. The molecule has 3 aromatic rings. The number of imide groups is 1. The number of benzene rings is 2. The van der Waals surface area contributed by atoms with Crippen LogP contribution in [0.5, 0.6) is 5.75 Å². The Kier molecular flexibility index (Phi) is 7.07. The highest BCUT2D eigenvalue weighted by molar-refractivity contribution is 7.98. The van der Waals surface area contributed by atoms with Crippen LogP contribution in [-0.2, 0) is 19.6 Å². The molecule has 1 aromatic heterocycles. The third kappa shape index (κ3) is 3.71. The molecule has 0 fully saturated rings. The predicted octanol–water partition coefficient (Wildman–Crippen LogP) is 0.121. The molecule has 2 heterocycles. The third-order valence-corrected chi connectivity index (χ3v) is 5.99. The molecule has 6 nitrogen and oxygen atoms in total. The summed E-state index contributed by atoms with van der Waals surface area (Å²) in [5.41, 5.74) is 3.08. The van der Waals surface area contributed by atoms with Crippen LogP contribution in [0.15, 0.2) is 42.5 Å². The monoisotopic (exact) mass is 537 g/mol. The van der Waals surface area contributed by atoms with E-state index in [1.54, 1.807) is 43.1 Å². The van der Waals surface area contributed by atoms with Crippen molar-refractivity contribution < 1.29 is 42.9 Å². The molecule has 2 aromatic carbocycles.